The molecule has 0 aliphatic rings. The monoisotopic (exact) mass is 267 g/mol. The van der Waals surface area contributed by atoms with E-state index in [9.17, 15) is 0 Å². The highest BCUT2D eigenvalue weighted by molar-refractivity contribution is 5.48. The first kappa shape index (κ1) is 15.8. The molecule has 0 heterocycles. The number of rotatable bonds is 6. The third-order valence-electron chi connectivity index (χ3n) is 3.78. The lowest BCUT2D eigenvalue weighted by Crippen LogP contribution is -2.51. The minimum Gasteiger partial charge on any atom is -0.496 e. The van der Waals surface area contributed by atoms with E-state index in [1.165, 1.54) is 0 Å². The van der Waals surface area contributed by atoms with Crippen LogP contribution in [-0.4, -0.2) is 38.8 Å². The van der Waals surface area contributed by atoms with Crippen LogP contribution in [0.3, 0.4) is 0 Å². The van der Waals surface area contributed by atoms with Crippen LogP contribution >= 0.6 is 0 Å². The number of benzene rings is 1. The molecule has 0 saturated carbocycles. The lowest BCUT2D eigenvalue weighted by Gasteiger charge is -2.40. The Balaban J connectivity index is 3.39. The van der Waals surface area contributed by atoms with Crippen molar-refractivity contribution in [2.75, 3.05) is 28.3 Å². The van der Waals surface area contributed by atoms with E-state index in [1.54, 1.807) is 14.2 Å². The maximum atomic E-state index is 5.79. The molecule has 0 spiro atoms. The van der Waals surface area contributed by atoms with Crippen molar-refractivity contribution in [3.8, 4) is 11.5 Å². The van der Waals surface area contributed by atoms with Gasteiger partial charge in [0, 0.05) is 5.54 Å². The van der Waals surface area contributed by atoms with Gasteiger partial charge < -0.3 is 14.4 Å². The summed E-state index contributed by atoms with van der Waals surface area (Å²) in [5.74, 6) is 7.31. The first-order chi connectivity index (χ1) is 8.89. The number of ether oxygens (including phenoxy) is 2. The summed E-state index contributed by atoms with van der Waals surface area (Å²) in [6, 6.07) is 5.59. The molecule has 0 aromatic heterocycles. The molecule has 1 aromatic carbocycles. The molecule has 0 radical (unpaired) electrons. The van der Waals surface area contributed by atoms with E-state index in [4.69, 9.17) is 15.3 Å². The molecule has 5 nitrogen and oxygen atoms in total. The van der Waals surface area contributed by atoms with Crippen LogP contribution in [0.5, 0.6) is 11.5 Å². The molecule has 1 aromatic rings. The van der Waals surface area contributed by atoms with E-state index < -0.39 is 0 Å². The van der Waals surface area contributed by atoms with Crippen LogP contribution in [0.2, 0.25) is 0 Å². The van der Waals surface area contributed by atoms with Gasteiger partial charge in [0.05, 0.1) is 25.8 Å². The number of nitrogens with two attached hydrogens (primary N) is 1. The molecule has 3 N–H and O–H groups in total. The second-order valence-electron chi connectivity index (χ2n) is 5.22. The van der Waals surface area contributed by atoms with Crippen molar-refractivity contribution in [1.82, 2.24) is 10.3 Å². The lowest BCUT2D eigenvalue weighted by atomic mass is 9.87. The Morgan fingerprint density at radius 3 is 1.95 bits per heavy atom. The van der Waals surface area contributed by atoms with Crippen LogP contribution in [0.4, 0.5) is 0 Å². The number of hydrogen-bond donors (Lipinski definition) is 2. The summed E-state index contributed by atoms with van der Waals surface area (Å²) in [4.78, 5) is 2.11. The summed E-state index contributed by atoms with van der Waals surface area (Å²) < 4.78 is 10.9. The van der Waals surface area contributed by atoms with Crippen molar-refractivity contribution in [2.45, 2.75) is 25.4 Å². The Bertz CT molecular complexity index is 397. The molecule has 0 saturated heterocycles. The number of hydrogen-bond acceptors (Lipinski definition) is 5. The maximum absolute atomic E-state index is 5.79. The third-order valence-corrected chi connectivity index (χ3v) is 3.78. The van der Waals surface area contributed by atoms with Gasteiger partial charge in [0.15, 0.2) is 0 Å². The summed E-state index contributed by atoms with van der Waals surface area (Å²) in [5, 5.41) is 0. The summed E-state index contributed by atoms with van der Waals surface area (Å²) in [5.41, 5.74) is 3.60. The van der Waals surface area contributed by atoms with Crippen LogP contribution < -0.4 is 20.7 Å². The summed E-state index contributed by atoms with van der Waals surface area (Å²) in [6.07, 6.45) is 0. The molecular formula is C14H25N3O2. The fourth-order valence-corrected chi connectivity index (χ4v) is 2.06. The third kappa shape index (κ3) is 3.00. The quantitative estimate of drug-likeness (QED) is 0.605. The van der Waals surface area contributed by atoms with Gasteiger partial charge in [0.25, 0.3) is 0 Å². The smallest absolute Gasteiger partial charge is 0.127 e. The van der Waals surface area contributed by atoms with E-state index in [1.807, 2.05) is 32.3 Å². The topological polar surface area (TPSA) is 59.8 Å². The average molecular weight is 267 g/mol. The normalized spacial score (nSPS) is 13.5. The van der Waals surface area contributed by atoms with Crippen molar-refractivity contribution in [1.29, 1.82) is 0 Å². The zero-order valence-corrected chi connectivity index (χ0v) is 12.7. The Hall–Kier alpha value is -1.30. The molecule has 5 heteroatoms. The van der Waals surface area contributed by atoms with E-state index >= 15 is 0 Å². The van der Waals surface area contributed by atoms with Crippen molar-refractivity contribution in [3.63, 3.8) is 0 Å². The van der Waals surface area contributed by atoms with Crippen LogP contribution in [-0.2, 0) is 0 Å². The van der Waals surface area contributed by atoms with Crippen LogP contribution in [0.25, 0.3) is 0 Å². The molecule has 1 atom stereocenters. The minimum absolute atomic E-state index is 0.131. The maximum Gasteiger partial charge on any atom is 0.127 e. The number of nitrogens with one attached hydrogen (secondary N) is 1. The second kappa shape index (κ2) is 6.23. The Morgan fingerprint density at radius 2 is 1.63 bits per heavy atom. The SMILES string of the molecule is COc1cccc(OC)c1C(NN)C(C)(C)N(C)C. The predicted octanol–water partition coefficient (Wildman–Crippen LogP) is 1.55. The molecular weight excluding hydrogens is 242 g/mol. The first-order valence-electron chi connectivity index (χ1n) is 6.24. The average Bonchev–Trinajstić information content (AvgIpc) is 2.39. The minimum atomic E-state index is -0.212. The van der Waals surface area contributed by atoms with E-state index in [2.05, 4.69) is 24.2 Å². The molecule has 19 heavy (non-hydrogen) atoms. The van der Waals surface area contributed by atoms with Crippen molar-refractivity contribution in [3.05, 3.63) is 23.8 Å². The van der Waals surface area contributed by atoms with Gasteiger partial charge in [-0.25, -0.2) is 0 Å². The molecule has 1 rings (SSSR count). The summed E-state index contributed by atoms with van der Waals surface area (Å²) in [6.45, 7) is 4.23. The zero-order valence-electron chi connectivity index (χ0n) is 12.7. The molecule has 0 bridgehead atoms. The number of hydrazine groups is 1. The Morgan fingerprint density at radius 1 is 1.16 bits per heavy atom. The number of nitrogens with zero attached hydrogens (tertiary/aromatic N) is 1. The fourth-order valence-electron chi connectivity index (χ4n) is 2.06. The largest absolute Gasteiger partial charge is 0.496 e. The van der Waals surface area contributed by atoms with Crippen molar-refractivity contribution < 1.29 is 9.47 Å². The fraction of sp³-hybridized carbons (Fsp3) is 0.571. The Kier molecular flexibility index (Phi) is 5.17. The lowest BCUT2D eigenvalue weighted by molar-refractivity contribution is 0.134. The standard InChI is InChI=1S/C14H25N3O2/c1-14(2,17(3)4)13(16-15)12-10(18-5)8-7-9-11(12)19-6/h7-9,13,16H,15H2,1-6H3. The van der Waals surface area contributed by atoms with Gasteiger partial charge in [-0.05, 0) is 40.1 Å². The second-order valence-corrected chi connectivity index (χ2v) is 5.22. The zero-order chi connectivity index (χ0) is 14.6. The van der Waals surface area contributed by atoms with Gasteiger partial charge in [-0.1, -0.05) is 6.07 Å². The molecule has 0 aliphatic heterocycles. The van der Waals surface area contributed by atoms with E-state index in [0.717, 1.165) is 17.1 Å². The first-order valence-corrected chi connectivity index (χ1v) is 6.24. The molecule has 0 fully saturated rings. The van der Waals surface area contributed by atoms with E-state index in [-0.39, 0.29) is 11.6 Å². The number of likely N-dealkylation sites (N-methyl/N-ethyl adjacent to an activating group) is 1. The summed E-state index contributed by atoms with van der Waals surface area (Å²) in [7, 11) is 7.33. The van der Waals surface area contributed by atoms with Gasteiger partial charge in [-0.15, -0.1) is 0 Å². The van der Waals surface area contributed by atoms with Crippen LogP contribution in [0.15, 0.2) is 18.2 Å². The van der Waals surface area contributed by atoms with Crippen LogP contribution in [0, 0.1) is 0 Å². The molecule has 0 amide bonds. The van der Waals surface area contributed by atoms with Gasteiger partial charge in [-0.3, -0.25) is 11.3 Å². The molecule has 108 valence electrons. The molecule has 1 unspecified atom stereocenters. The summed E-state index contributed by atoms with van der Waals surface area (Å²) >= 11 is 0. The Labute approximate surface area is 115 Å². The van der Waals surface area contributed by atoms with Crippen molar-refractivity contribution >= 4 is 0 Å². The van der Waals surface area contributed by atoms with Gasteiger partial charge >= 0.3 is 0 Å². The predicted molar refractivity (Wildman–Crippen MR) is 77.4 cm³/mol. The van der Waals surface area contributed by atoms with Crippen LogP contribution in [0.1, 0.15) is 25.5 Å². The highest BCUT2D eigenvalue weighted by Gasteiger charge is 2.36. The van der Waals surface area contributed by atoms with Gasteiger partial charge in [-0.2, -0.15) is 0 Å². The highest BCUT2D eigenvalue weighted by atomic mass is 16.5. The van der Waals surface area contributed by atoms with Gasteiger partial charge in [0.1, 0.15) is 11.5 Å². The molecule has 0 aliphatic carbocycles. The highest BCUT2D eigenvalue weighted by Crippen LogP contribution is 2.40. The van der Waals surface area contributed by atoms with Crippen molar-refractivity contribution in [2.24, 2.45) is 5.84 Å². The number of methoxy groups -OCH3 is 2. The van der Waals surface area contributed by atoms with Gasteiger partial charge in [0.2, 0.25) is 0 Å². The van der Waals surface area contributed by atoms with E-state index in [0.29, 0.717) is 0 Å².